The molecule has 26 heteroatoms. The number of alkyl halides is 16. The largest absolute Gasteiger partial charge is 0.462 e. The van der Waals surface area contributed by atoms with Crippen LogP contribution in [0.5, 0.6) is 0 Å². The predicted molar refractivity (Wildman–Crippen MR) is 129 cm³/mol. The van der Waals surface area contributed by atoms with Crippen molar-refractivity contribution < 1.29 is 118 Å². The molecule has 0 spiro atoms. The number of carbonyl (C=O) groups excluding carboxylic acids is 2. The molecule has 2 saturated heterocycles. The maximum atomic E-state index is 14.2. The molecule has 0 amide bonds. The summed E-state index contributed by atoms with van der Waals surface area (Å²) in [5.74, 6) is -23.8. The summed E-state index contributed by atoms with van der Waals surface area (Å²) < 4.78 is 233. The Balaban J connectivity index is 0.000000510. The molecule has 0 aromatic carbocycles. The smallest absolute Gasteiger partial charge is 0.449 e. The standard InChI is InChI=1S/C13H16F8O5.C12H14F8O5/c1-4-8(2,12(16,17)18)7(22)24-5-9(3)10(14,15)11(23,13(19,20)21)26-6-25-9;1-3-8(2,11(15,16)17)7(21)23-4-6-24-5-9(13,14)10(22,25-6)12(18,19)20/h23H,4-6H2,1-3H3;6,22H,3-5H2,1-2H3. The van der Waals surface area contributed by atoms with Crippen LogP contribution in [0.1, 0.15) is 47.5 Å². The Morgan fingerprint density at radius 2 is 1.14 bits per heavy atom. The molecule has 302 valence electrons. The van der Waals surface area contributed by atoms with E-state index in [-0.39, 0.29) is 0 Å². The van der Waals surface area contributed by atoms with Gasteiger partial charge in [0.1, 0.15) is 19.8 Å². The van der Waals surface area contributed by atoms with E-state index in [0.717, 1.165) is 13.8 Å². The first kappa shape index (κ1) is 46.6. The van der Waals surface area contributed by atoms with Crippen molar-refractivity contribution in [3.05, 3.63) is 0 Å². The van der Waals surface area contributed by atoms with E-state index in [1.165, 1.54) is 0 Å². The van der Waals surface area contributed by atoms with Crippen molar-refractivity contribution in [2.45, 2.75) is 107 Å². The van der Waals surface area contributed by atoms with Gasteiger partial charge in [0.15, 0.2) is 29.5 Å². The maximum absolute atomic E-state index is 14.2. The average molecular weight is 794 g/mol. The van der Waals surface area contributed by atoms with E-state index in [4.69, 9.17) is 5.11 Å². The number of halogens is 16. The molecule has 6 unspecified atom stereocenters. The second-order valence-electron chi connectivity index (χ2n) is 11.6. The zero-order chi connectivity index (χ0) is 40.7. The van der Waals surface area contributed by atoms with E-state index in [9.17, 15) is 84.9 Å². The van der Waals surface area contributed by atoms with Crippen molar-refractivity contribution in [1.29, 1.82) is 0 Å². The van der Waals surface area contributed by atoms with Gasteiger partial charge < -0.3 is 38.6 Å². The highest BCUT2D eigenvalue weighted by molar-refractivity contribution is 5.77. The zero-order valence-corrected chi connectivity index (χ0v) is 26.5. The fourth-order valence-electron chi connectivity index (χ4n) is 3.73. The molecule has 2 heterocycles. The van der Waals surface area contributed by atoms with Gasteiger partial charge in [0.25, 0.3) is 0 Å². The molecule has 0 radical (unpaired) electrons. The fourth-order valence-corrected chi connectivity index (χ4v) is 3.73. The molecule has 0 aromatic heterocycles. The van der Waals surface area contributed by atoms with Gasteiger partial charge in [0.2, 0.25) is 0 Å². The molecule has 0 saturated carbocycles. The zero-order valence-electron chi connectivity index (χ0n) is 26.5. The average Bonchev–Trinajstić information content (AvgIpc) is 2.96. The van der Waals surface area contributed by atoms with Gasteiger partial charge in [-0.05, 0) is 33.6 Å². The molecular weight excluding hydrogens is 764 g/mol. The van der Waals surface area contributed by atoms with Gasteiger partial charge in [0.05, 0.1) is 0 Å². The van der Waals surface area contributed by atoms with Gasteiger partial charge in [-0.3, -0.25) is 9.59 Å². The van der Waals surface area contributed by atoms with Crippen molar-refractivity contribution in [2.24, 2.45) is 10.8 Å². The minimum absolute atomic E-state index is 0.344. The molecule has 2 N–H and O–H groups in total. The Hall–Kier alpha value is -2.42. The number of aliphatic hydroxyl groups is 2. The van der Waals surface area contributed by atoms with E-state index >= 15 is 0 Å². The predicted octanol–water partition coefficient (Wildman–Crippen LogP) is 5.92. The number of ether oxygens (including phenoxy) is 6. The van der Waals surface area contributed by atoms with Crippen molar-refractivity contribution in [3.63, 3.8) is 0 Å². The lowest BCUT2D eigenvalue weighted by Crippen LogP contribution is -2.74. The van der Waals surface area contributed by atoms with Gasteiger partial charge in [-0.2, -0.15) is 70.2 Å². The van der Waals surface area contributed by atoms with Crippen molar-refractivity contribution >= 4 is 11.9 Å². The van der Waals surface area contributed by atoms with Crippen LogP contribution in [-0.2, 0) is 38.0 Å². The summed E-state index contributed by atoms with van der Waals surface area (Å²) in [5.41, 5.74) is -9.33. The lowest BCUT2D eigenvalue weighted by atomic mass is 9.86. The van der Waals surface area contributed by atoms with Crippen LogP contribution in [-0.4, -0.2) is 109 Å². The van der Waals surface area contributed by atoms with E-state index in [1.54, 1.807) is 0 Å². The molecule has 6 atom stereocenters. The number of hydrogen-bond acceptors (Lipinski definition) is 10. The molecule has 0 bridgehead atoms. The van der Waals surface area contributed by atoms with Crippen molar-refractivity contribution in [3.8, 4) is 0 Å². The molecular formula is C25H30F16O10. The highest BCUT2D eigenvalue weighted by atomic mass is 19.4. The van der Waals surface area contributed by atoms with Crippen molar-refractivity contribution in [1.82, 2.24) is 0 Å². The van der Waals surface area contributed by atoms with Gasteiger partial charge in [-0.25, -0.2) is 0 Å². The fraction of sp³-hybridized carbons (Fsp3) is 0.920. The summed E-state index contributed by atoms with van der Waals surface area (Å²) in [6.07, 6.45) is -25.9. The lowest BCUT2D eigenvalue weighted by Gasteiger charge is -2.48. The van der Waals surface area contributed by atoms with Gasteiger partial charge in [-0.15, -0.1) is 0 Å². The summed E-state index contributed by atoms with van der Waals surface area (Å²) in [4.78, 5) is 23.3. The van der Waals surface area contributed by atoms with Crippen LogP contribution in [0.3, 0.4) is 0 Å². The number of esters is 2. The Labute approximate surface area is 276 Å². The van der Waals surface area contributed by atoms with E-state index < -0.39 is 122 Å². The van der Waals surface area contributed by atoms with Crippen LogP contribution < -0.4 is 0 Å². The quantitative estimate of drug-likeness (QED) is 0.226. The molecule has 10 nitrogen and oxygen atoms in total. The summed E-state index contributed by atoms with van der Waals surface area (Å²) in [6, 6.07) is 0. The first-order valence-corrected chi connectivity index (χ1v) is 13.8. The van der Waals surface area contributed by atoms with E-state index in [1.807, 2.05) is 0 Å². The number of rotatable bonds is 8. The number of hydrogen-bond donors (Lipinski definition) is 2. The Morgan fingerprint density at radius 3 is 1.51 bits per heavy atom. The minimum atomic E-state index is -5.96. The normalized spacial score (nSPS) is 30.9. The SMILES string of the molecule is CCC(C)(C(=O)OCC1(C)OCOC(O)(C(F)(F)F)C1(F)F)C(F)(F)F.CCC(C)(C(=O)OCC1OCC(F)(F)C(O)(C(F)(F)F)O1)C(F)(F)F. The van der Waals surface area contributed by atoms with Gasteiger partial charge >= 0.3 is 60.1 Å². The van der Waals surface area contributed by atoms with Crippen LogP contribution in [0, 0.1) is 10.8 Å². The van der Waals surface area contributed by atoms with Crippen LogP contribution in [0.25, 0.3) is 0 Å². The number of carbonyl (C=O) groups is 2. The second-order valence-corrected chi connectivity index (χ2v) is 11.6. The monoisotopic (exact) mass is 794 g/mol. The summed E-state index contributed by atoms with van der Waals surface area (Å²) >= 11 is 0. The van der Waals surface area contributed by atoms with Crippen LogP contribution >= 0.6 is 0 Å². The highest BCUT2D eigenvalue weighted by Crippen LogP contribution is 2.53. The van der Waals surface area contributed by atoms with E-state index in [0.29, 0.717) is 20.8 Å². The lowest BCUT2D eigenvalue weighted by molar-refractivity contribution is -0.501. The maximum Gasteiger partial charge on any atom is 0.449 e. The van der Waals surface area contributed by atoms with Gasteiger partial charge in [-0.1, -0.05) is 13.8 Å². The molecule has 51 heavy (non-hydrogen) atoms. The van der Waals surface area contributed by atoms with Crippen LogP contribution in [0.4, 0.5) is 70.2 Å². The first-order valence-electron chi connectivity index (χ1n) is 13.8. The topological polar surface area (TPSA) is 130 Å². The summed E-state index contributed by atoms with van der Waals surface area (Å²) in [6.45, 7) is -3.17. The summed E-state index contributed by atoms with van der Waals surface area (Å²) in [5, 5.41) is 18.4. The molecule has 2 aliphatic heterocycles. The van der Waals surface area contributed by atoms with Crippen LogP contribution in [0.2, 0.25) is 0 Å². The third kappa shape index (κ3) is 8.38. The Kier molecular flexibility index (Phi) is 13.2. The van der Waals surface area contributed by atoms with Crippen LogP contribution in [0.15, 0.2) is 0 Å². The molecule has 2 fully saturated rings. The summed E-state index contributed by atoms with van der Waals surface area (Å²) in [7, 11) is 0. The Morgan fingerprint density at radius 1 is 0.725 bits per heavy atom. The van der Waals surface area contributed by atoms with Gasteiger partial charge in [0, 0.05) is 0 Å². The molecule has 2 rings (SSSR count). The third-order valence-corrected chi connectivity index (χ3v) is 8.15. The highest BCUT2D eigenvalue weighted by Gasteiger charge is 2.80. The molecule has 0 aromatic rings. The Bertz CT molecular complexity index is 1240. The third-order valence-electron chi connectivity index (χ3n) is 8.15. The van der Waals surface area contributed by atoms with E-state index in [2.05, 4.69) is 28.4 Å². The van der Waals surface area contributed by atoms with Crippen molar-refractivity contribution in [2.75, 3.05) is 26.6 Å². The minimum Gasteiger partial charge on any atom is -0.462 e. The molecule has 0 aliphatic carbocycles. The second kappa shape index (κ2) is 14.4. The first-order chi connectivity index (χ1) is 22.4. The molecule has 2 aliphatic rings.